The van der Waals surface area contributed by atoms with Gasteiger partial charge in [0, 0.05) is 32.4 Å². The fourth-order valence-electron chi connectivity index (χ4n) is 2.94. The Morgan fingerprint density at radius 3 is 2.95 bits per heavy atom. The van der Waals surface area contributed by atoms with Crippen LogP contribution in [0.3, 0.4) is 0 Å². The topological polar surface area (TPSA) is 58.6 Å². The second-order valence-electron chi connectivity index (χ2n) is 5.71. The van der Waals surface area contributed by atoms with E-state index in [4.69, 9.17) is 4.74 Å². The van der Waals surface area contributed by atoms with Gasteiger partial charge in [-0.2, -0.15) is 0 Å². The van der Waals surface area contributed by atoms with Gasteiger partial charge in [-0.3, -0.25) is 9.69 Å². The minimum absolute atomic E-state index is 0.0631. The lowest BCUT2D eigenvalue weighted by atomic mass is 10.2. The molecule has 6 nitrogen and oxygen atoms in total. The summed E-state index contributed by atoms with van der Waals surface area (Å²) in [6.07, 6.45) is 3.97. The number of ether oxygens (including phenoxy) is 1. The van der Waals surface area contributed by atoms with E-state index in [0.29, 0.717) is 13.2 Å². The van der Waals surface area contributed by atoms with Gasteiger partial charge in [0.05, 0.1) is 18.8 Å². The Bertz CT molecular complexity index is 502. The molecular formula is C15H22N4O2. The number of rotatable bonds is 3. The van der Waals surface area contributed by atoms with E-state index in [0.717, 1.165) is 50.5 Å². The van der Waals surface area contributed by atoms with E-state index in [-0.39, 0.29) is 12.0 Å². The van der Waals surface area contributed by atoms with Crippen molar-refractivity contribution in [2.75, 3.05) is 39.3 Å². The Balaban J connectivity index is 1.59. The van der Waals surface area contributed by atoms with Gasteiger partial charge in [-0.15, -0.1) is 0 Å². The molecule has 0 radical (unpaired) electrons. The minimum Gasteiger partial charge on any atom is -0.369 e. The molecule has 2 fully saturated rings. The van der Waals surface area contributed by atoms with E-state index >= 15 is 0 Å². The van der Waals surface area contributed by atoms with Crippen molar-refractivity contribution in [2.45, 2.75) is 25.9 Å². The summed E-state index contributed by atoms with van der Waals surface area (Å²) in [6.45, 7) is 6.36. The summed E-state index contributed by atoms with van der Waals surface area (Å²) in [5.74, 6) is 0.994. The molecule has 0 bridgehead atoms. The highest BCUT2D eigenvalue weighted by Gasteiger charge is 2.26. The van der Waals surface area contributed by atoms with Crippen LogP contribution in [-0.2, 0) is 9.53 Å². The molecule has 1 atom stereocenters. The number of carbonyl (C=O) groups is 1. The average molecular weight is 290 g/mol. The number of nitrogens with zero attached hydrogens (tertiary/aromatic N) is 4. The summed E-state index contributed by atoms with van der Waals surface area (Å²) in [7, 11) is 0. The zero-order chi connectivity index (χ0) is 14.7. The van der Waals surface area contributed by atoms with Crippen LogP contribution in [0.15, 0.2) is 12.3 Å². The number of hydrogen-bond acceptors (Lipinski definition) is 5. The quantitative estimate of drug-likeness (QED) is 0.823. The summed E-state index contributed by atoms with van der Waals surface area (Å²) < 4.78 is 5.80. The molecular weight excluding hydrogens is 268 g/mol. The first-order valence-corrected chi connectivity index (χ1v) is 7.63. The van der Waals surface area contributed by atoms with Crippen molar-refractivity contribution in [3.8, 4) is 0 Å². The molecule has 21 heavy (non-hydrogen) atoms. The van der Waals surface area contributed by atoms with E-state index in [1.807, 2.05) is 17.9 Å². The largest absolute Gasteiger partial charge is 0.369 e. The number of aryl methyl sites for hydroxylation is 1. The fourth-order valence-corrected chi connectivity index (χ4v) is 2.94. The van der Waals surface area contributed by atoms with Crippen LogP contribution < -0.4 is 0 Å². The van der Waals surface area contributed by atoms with Crippen LogP contribution >= 0.6 is 0 Å². The van der Waals surface area contributed by atoms with Crippen molar-refractivity contribution in [3.05, 3.63) is 23.8 Å². The van der Waals surface area contributed by atoms with Gasteiger partial charge in [0.1, 0.15) is 11.9 Å². The predicted octanol–water partition coefficient (Wildman–Crippen LogP) is 0.781. The van der Waals surface area contributed by atoms with Gasteiger partial charge in [0.15, 0.2) is 0 Å². The van der Waals surface area contributed by atoms with E-state index in [1.54, 1.807) is 6.20 Å². The first kappa shape index (κ1) is 14.4. The van der Waals surface area contributed by atoms with Gasteiger partial charge in [-0.1, -0.05) is 0 Å². The smallest absolute Gasteiger partial charge is 0.236 e. The first-order chi connectivity index (χ1) is 10.2. The molecule has 2 aliphatic rings. The molecule has 0 unspecified atom stereocenters. The second-order valence-corrected chi connectivity index (χ2v) is 5.71. The number of likely N-dealkylation sites (tertiary alicyclic amines) is 1. The summed E-state index contributed by atoms with van der Waals surface area (Å²) in [5, 5.41) is 0. The van der Waals surface area contributed by atoms with E-state index < -0.39 is 0 Å². The van der Waals surface area contributed by atoms with Crippen LogP contribution in [0.25, 0.3) is 0 Å². The maximum Gasteiger partial charge on any atom is 0.236 e. The van der Waals surface area contributed by atoms with Gasteiger partial charge in [-0.05, 0) is 25.8 Å². The zero-order valence-corrected chi connectivity index (χ0v) is 12.5. The molecule has 0 N–H and O–H groups in total. The van der Waals surface area contributed by atoms with Crippen LogP contribution in [0.4, 0.5) is 0 Å². The van der Waals surface area contributed by atoms with Crippen molar-refractivity contribution >= 4 is 5.91 Å². The summed E-state index contributed by atoms with van der Waals surface area (Å²) in [6, 6.07) is 1.89. The Hall–Kier alpha value is -1.53. The van der Waals surface area contributed by atoms with Gasteiger partial charge < -0.3 is 9.64 Å². The Morgan fingerprint density at radius 1 is 1.38 bits per heavy atom. The lowest BCUT2D eigenvalue weighted by Crippen LogP contribution is -2.45. The third-order valence-corrected chi connectivity index (χ3v) is 4.10. The molecule has 1 aromatic heterocycles. The molecule has 1 amide bonds. The van der Waals surface area contributed by atoms with Gasteiger partial charge in [0.25, 0.3) is 0 Å². The fraction of sp³-hybridized carbons (Fsp3) is 0.667. The normalized spacial score (nSPS) is 23.5. The molecule has 0 saturated carbocycles. The van der Waals surface area contributed by atoms with Crippen LogP contribution in [0.5, 0.6) is 0 Å². The maximum atomic E-state index is 12.2. The molecule has 3 rings (SSSR count). The van der Waals surface area contributed by atoms with Crippen molar-refractivity contribution in [3.63, 3.8) is 0 Å². The predicted molar refractivity (Wildman–Crippen MR) is 77.7 cm³/mol. The SMILES string of the molecule is Cc1nccc([C@H]2CN(CC(=O)N3CCCC3)CCO2)n1. The third kappa shape index (κ3) is 3.57. The molecule has 2 saturated heterocycles. The highest BCUT2D eigenvalue weighted by molar-refractivity contribution is 5.78. The molecule has 0 spiro atoms. The van der Waals surface area contributed by atoms with Crippen LogP contribution in [-0.4, -0.2) is 65.0 Å². The average Bonchev–Trinajstić information content (AvgIpc) is 3.02. The third-order valence-electron chi connectivity index (χ3n) is 4.10. The second kappa shape index (κ2) is 6.49. The molecule has 0 aromatic carbocycles. The standard InChI is InChI=1S/C15H22N4O2/c1-12-16-5-4-13(17-12)14-10-18(8-9-21-14)11-15(20)19-6-2-3-7-19/h4-5,14H,2-3,6-11H2,1H3/t14-/m1/s1. The van der Waals surface area contributed by atoms with Crippen molar-refractivity contribution in [2.24, 2.45) is 0 Å². The molecule has 114 valence electrons. The van der Waals surface area contributed by atoms with Gasteiger partial charge in [0.2, 0.25) is 5.91 Å². The Morgan fingerprint density at radius 2 is 2.19 bits per heavy atom. The minimum atomic E-state index is -0.0631. The number of hydrogen-bond donors (Lipinski definition) is 0. The van der Waals surface area contributed by atoms with Crippen LogP contribution in [0.1, 0.15) is 30.5 Å². The highest BCUT2D eigenvalue weighted by atomic mass is 16.5. The first-order valence-electron chi connectivity index (χ1n) is 7.63. The number of morpholine rings is 1. The van der Waals surface area contributed by atoms with Crippen LogP contribution in [0, 0.1) is 6.92 Å². The Labute approximate surface area is 125 Å². The Kier molecular flexibility index (Phi) is 4.45. The number of amides is 1. The summed E-state index contributed by atoms with van der Waals surface area (Å²) >= 11 is 0. The van der Waals surface area contributed by atoms with Crippen molar-refractivity contribution in [1.29, 1.82) is 0 Å². The molecule has 3 heterocycles. The maximum absolute atomic E-state index is 12.2. The van der Waals surface area contributed by atoms with E-state index in [9.17, 15) is 4.79 Å². The van der Waals surface area contributed by atoms with Crippen LogP contribution in [0.2, 0.25) is 0 Å². The molecule has 0 aliphatic carbocycles. The molecule has 6 heteroatoms. The zero-order valence-electron chi connectivity index (χ0n) is 12.5. The van der Waals surface area contributed by atoms with Crippen molar-refractivity contribution in [1.82, 2.24) is 19.8 Å². The lowest BCUT2D eigenvalue weighted by Gasteiger charge is -2.33. The van der Waals surface area contributed by atoms with Gasteiger partial charge >= 0.3 is 0 Å². The van der Waals surface area contributed by atoms with Gasteiger partial charge in [-0.25, -0.2) is 9.97 Å². The number of carbonyl (C=O) groups excluding carboxylic acids is 1. The highest BCUT2D eigenvalue weighted by Crippen LogP contribution is 2.20. The van der Waals surface area contributed by atoms with E-state index in [1.165, 1.54) is 0 Å². The molecule has 1 aromatic rings. The monoisotopic (exact) mass is 290 g/mol. The summed E-state index contributed by atoms with van der Waals surface area (Å²) in [5.41, 5.74) is 0.904. The molecule has 2 aliphatic heterocycles. The lowest BCUT2D eigenvalue weighted by molar-refractivity contribution is -0.133. The van der Waals surface area contributed by atoms with Crippen molar-refractivity contribution < 1.29 is 9.53 Å². The van der Waals surface area contributed by atoms with E-state index in [2.05, 4.69) is 14.9 Å². The number of aromatic nitrogens is 2. The summed E-state index contributed by atoms with van der Waals surface area (Å²) in [4.78, 5) is 24.9.